The van der Waals surface area contributed by atoms with Crippen molar-refractivity contribution in [1.82, 2.24) is 4.98 Å². The highest BCUT2D eigenvalue weighted by Crippen LogP contribution is 2.12. The first kappa shape index (κ1) is 7.47. The van der Waals surface area contributed by atoms with E-state index in [1.165, 1.54) is 24.1 Å². The summed E-state index contributed by atoms with van der Waals surface area (Å²) in [6.45, 7) is 0.998. The van der Waals surface area contributed by atoms with E-state index in [-0.39, 0.29) is 0 Å². The number of rotatable bonds is 1. The summed E-state index contributed by atoms with van der Waals surface area (Å²) >= 11 is 0. The fraction of sp³-hybridized carbons (Fsp3) is 0.400. The summed E-state index contributed by atoms with van der Waals surface area (Å²) in [5.41, 5.74) is 2.49. The first-order valence-corrected chi connectivity index (χ1v) is 4.40. The topological polar surface area (TPSA) is 25.2 Å². The van der Waals surface area contributed by atoms with Gasteiger partial charge in [0.15, 0.2) is 0 Å². The summed E-state index contributed by atoms with van der Waals surface area (Å²) in [7, 11) is 0. The molecule has 0 radical (unpaired) electrons. The van der Waals surface area contributed by atoms with Gasteiger partial charge in [-0.1, -0.05) is 0 Å². The van der Waals surface area contributed by atoms with Crippen LogP contribution in [0, 0.1) is 0 Å². The molecule has 0 bridgehead atoms. The van der Waals surface area contributed by atoms with Gasteiger partial charge >= 0.3 is 0 Å². The number of aromatic nitrogens is 1. The van der Waals surface area contributed by atoms with Crippen molar-refractivity contribution in [1.29, 1.82) is 0 Å². The van der Waals surface area contributed by atoms with Crippen molar-refractivity contribution in [3.63, 3.8) is 0 Å². The molecule has 62 valence electrons. The van der Waals surface area contributed by atoms with Gasteiger partial charge in [-0.25, -0.2) is 0 Å². The third-order valence-corrected chi connectivity index (χ3v) is 2.14. The molecule has 0 fully saturated rings. The third kappa shape index (κ3) is 1.52. The molecule has 0 N–H and O–H groups in total. The molecule has 2 rings (SSSR count). The molecule has 0 saturated carbocycles. The first-order chi connectivity index (χ1) is 5.97. The summed E-state index contributed by atoms with van der Waals surface area (Å²) in [5.74, 6) is 0. The van der Waals surface area contributed by atoms with Crippen molar-refractivity contribution >= 4 is 5.71 Å². The van der Waals surface area contributed by atoms with Gasteiger partial charge in [0.2, 0.25) is 0 Å². The van der Waals surface area contributed by atoms with Crippen molar-refractivity contribution in [3.05, 3.63) is 30.1 Å². The van der Waals surface area contributed by atoms with Crippen molar-refractivity contribution in [3.8, 4) is 0 Å². The van der Waals surface area contributed by atoms with E-state index in [0.29, 0.717) is 0 Å². The predicted octanol–water partition coefficient (Wildman–Crippen LogP) is 2.05. The Kier molecular flexibility index (Phi) is 2.16. The van der Waals surface area contributed by atoms with E-state index in [9.17, 15) is 0 Å². The van der Waals surface area contributed by atoms with Crippen LogP contribution in [0.4, 0.5) is 0 Å². The van der Waals surface area contributed by atoms with Gasteiger partial charge in [-0.05, 0) is 37.0 Å². The fourth-order valence-corrected chi connectivity index (χ4v) is 1.48. The second-order valence-corrected chi connectivity index (χ2v) is 3.02. The molecule has 12 heavy (non-hydrogen) atoms. The number of aliphatic imine (C=N–C) groups is 1. The molecular weight excluding hydrogens is 148 g/mol. The quantitative estimate of drug-likeness (QED) is 0.617. The number of nitrogens with zero attached hydrogens (tertiary/aromatic N) is 2. The molecule has 1 aliphatic rings. The van der Waals surface area contributed by atoms with Gasteiger partial charge in [-0.15, -0.1) is 0 Å². The van der Waals surface area contributed by atoms with Gasteiger partial charge in [-0.2, -0.15) is 0 Å². The molecule has 0 atom stereocenters. The summed E-state index contributed by atoms with van der Waals surface area (Å²) in [6, 6.07) is 4.06. The smallest absolute Gasteiger partial charge is 0.0421 e. The van der Waals surface area contributed by atoms with E-state index in [0.717, 1.165) is 13.0 Å². The molecule has 0 amide bonds. The highest BCUT2D eigenvalue weighted by molar-refractivity contribution is 6.00. The lowest BCUT2D eigenvalue weighted by Gasteiger charge is -2.10. The van der Waals surface area contributed by atoms with Crippen molar-refractivity contribution in [2.45, 2.75) is 19.3 Å². The number of hydrogen-bond donors (Lipinski definition) is 0. The normalized spacial score (nSPS) is 17.2. The van der Waals surface area contributed by atoms with Gasteiger partial charge in [0.25, 0.3) is 0 Å². The SMILES string of the molecule is c1cc(C2=NCCCC2)ccn1. The summed E-state index contributed by atoms with van der Waals surface area (Å²) in [4.78, 5) is 8.47. The summed E-state index contributed by atoms with van der Waals surface area (Å²) in [5, 5.41) is 0. The van der Waals surface area contributed by atoms with Crippen molar-refractivity contribution < 1.29 is 0 Å². The van der Waals surface area contributed by atoms with Gasteiger partial charge in [0.05, 0.1) is 0 Å². The molecule has 0 aromatic carbocycles. The summed E-state index contributed by atoms with van der Waals surface area (Å²) in [6.07, 6.45) is 7.30. The Morgan fingerprint density at radius 1 is 1.08 bits per heavy atom. The van der Waals surface area contributed by atoms with Gasteiger partial charge in [-0.3, -0.25) is 9.98 Å². The minimum atomic E-state index is 0.998. The molecule has 2 nitrogen and oxygen atoms in total. The van der Waals surface area contributed by atoms with Crippen LogP contribution >= 0.6 is 0 Å². The Morgan fingerprint density at radius 2 is 1.92 bits per heavy atom. The Bertz CT molecular complexity index is 277. The molecule has 0 unspecified atom stereocenters. The largest absolute Gasteiger partial charge is 0.289 e. The maximum atomic E-state index is 4.49. The van der Waals surface area contributed by atoms with Crippen LogP contribution in [0.25, 0.3) is 0 Å². The average Bonchev–Trinajstić information content (AvgIpc) is 2.21. The molecule has 2 heteroatoms. The molecule has 2 heterocycles. The van der Waals surface area contributed by atoms with Crippen LogP contribution in [0.1, 0.15) is 24.8 Å². The van der Waals surface area contributed by atoms with Crippen LogP contribution in [0.15, 0.2) is 29.5 Å². The van der Waals surface area contributed by atoms with E-state index in [4.69, 9.17) is 0 Å². The second-order valence-electron chi connectivity index (χ2n) is 3.02. The van der Waals surface area contributed by atoms with E-state index < -0.39 is 0 Å². The van der Waals surface area contributed by atoms with Gasteiger partial charge in [0, 0.05) is 24.7 Å². The standard InChI is InChI=1S/C10H12N2/c1-2-6-12-10(3-1)9-4-7-11-8-5-9/h4-5,7-8H,1-3,6H2. The maximum absolute atomic E-state index is 4.49. The maximum Gasteiger partial charge on any atom is 0.0421 e. The zero-order valence-corrected chi connectivity index (χ0v) is 7.03. The zero-order valence-electron chi connectivity index (χ0n) is 7.03. The van der Waals surface area contributed by atoms with E-state index in [2.05, 4.69) is 9.98 Å². The van der Waals surface area contributed by atoms with Crippen LogP contribution in [0.3, 0.4) is 0 Å². The Morgan fingerprint density at radius 3 is 2.58 bits per heavy atom. The van der Waals surface area contributed by atoms with Crippen LogP contribution in [-0.4, -0.2) is 17.2 Å². The van der Waals surface area contributed by atoms with E-state index >= 15 is 0 Å². The monoisotopic (exact) mass is 160 g/mol. The molecular formula is C10H12N2. The molecule has 0 spiro atoms. The lowest BCUT2D eigenvalue weighted by atomic mass is 10.0. The Balaban J connectivity index is 2.24. The lowest BCUT2D eigenvalue weighted by molar-refractivity contribution is 0.738. The van der Waals surface area contributed by atoms with E-state index in [1.54, 1.807) is 0 Å². The lowest BCUT2D eigenvalue weighted by Crippen LogP contribution is -2.07. The predicted molar refractivity (Wildman–Crippen MR) is 49.5 cm³/mol. The molecule has 1 aromatic rings. The number of pyridine rings is 1. The third-order valence-electron chi connectivity index (χ3n) is 2.14. The Hall–Kier alpha value is -1.18. The summed E-state index contributed by atoms with van der Waals surface area (Å²) < 4.78 is 0. The van der Waals surface area contributed by atoms with Crippen LogP contribution < -0.4 is 0 Å². The second kappa shape index (κ2) is 3.48. The first-order valence-electron chi connectivity index (χ1n) is 4.40. The van der Waals surface area contributed by atoms with Crippen LogP contribution in [-0.2, 0) is 0 Å². The van der Waals surface area contributed by atoms with Gasteiger partial charge in [0.1, 0.15) is 0 Å². The van der Waals surface area contributed by atoms with E-state index in [1.807, 2.05) is 24.5 Å². The zero-order chi connectivity index (χ0) is 8.23. The van der Waals surface area contributed by atoms with Gasteiger partial charge < -0.3 is 0 Å². The Labute approximate surface area is 72.4 Å². The highest BCUT2D eigenvalue weighted by Gasteiger charge is 2.06. The number of hydrogen-bond acceptors (Lipinski definition) is 2. The molecule has 0 saturated heterocycles. The minimum absolute atomic E-state index is 0.998. The molecule has 1 aliphatic heterocycles. The molecule has 1 aromatic heterocycles. The van der Waals surface area contributed by atoms with Crippen molar-refractivity contribution in [2.75, 3.05) is 6.54 Å². The minimum Gasteiger partial charge on any atom is -0.289 e. The van der Waals surface area contributed by atoms with Crippen LogP contribution in [0.2, 0.25) is 0 Å². The van der Waals surface area contributed by atoms with Crippen LogP contribution in [0.5, 0.6) is 0 Å². The fourth-order valence-electron chi connectivity index (χ4n) is 1.48. The average molecular weight is 160 g/mol. The molecule has 0 aliphatic carbocycles. The highest BCUT2D eigenvalue weighted by atomic mass is 14.7. The van der Waals surface area contributed by atoms with Crippen molar-refractivity contribution in [2.24, 2.45) is 4.99 Å².